The number of urea groups is 1. The number of hydrogen-bond acceptors (Lipinski definition) is 6. The molecular formula is C19H24N4O4S. The van der Waals surface area contributed by atoms with Gasteiger partial charge in [-0.1, -0.05) is 25.1 Å². The van der Waals surface area contributed by atoms with E-state index in [-0.39, 0.29) is 5.75 Å². The van der Waals surface area contributed by atoms with Crippen LogP contribution in [0.1, 0.15) is 24.7 Å². The van der Waals surface area contributed by atoms with E-state index in [1.807, 2.05) is 55.8 Å². The van der Waals surface area contributed by atoms with E-state index in [9.17, 15) is 14.4 Å². The molecule has 0 saturated carbocycles. The molecule has 1 heterocycles. The third-order valence-electron chi connectivity index (χ3n) is 3.71. The Morgan fingerprint density at radius 2 is 1.89 bits per heavy atom. The highest BCUT2D eigenvalue weighted by Gasteiger charge is 2.16. The van der Waals surface area contributed by atoms with Gasteiger partial charge in [-0.3, -0.25) is 14.9 Å². The maximum atomic E-state index is 11.9. The van der Waals surface area contributed by atoms with E-state index in [4.69, 9.17) is 4.74 Å². The number of aromatic nitrogens is 2. The Labute approximate surface area is 168 Å². The monoisotopic (exact) mass is 404 g/mol. The first-order valence-corrected chi connectivity index (χ1v) is 9.88. The number of nitrogens with zero attached hydrogens (tertiary/aromatic N) is 2. The highest BCUT2D eigenvalue weighted by molar-refractivity contribution is 8.00. The van der Waals surface area contributed by atoms with Crippen LogP contribution in [0.2, 0.25) is 0 Å². The number of hydrogen-bond donors (Lipinski definition) is 2. The minimum Gasteiger partial charge on any atom is -0.455 e. The first-order chi connectivity index (χ1) is 13.4. The first-order valence-electron chi connectivity index (χ1n) is 8.90. The fourth-order valence-corrected chi connectivity index (χ4v) is 3.31. The SMILES string of the molecule is CCCNC(=O)NC(=O)COC(=O)CSc1c(C)nn(-c2ccccc2)c1C. The standard InChI is InChI=1S/C19H24N4O4S/c1-4-10-20-19(26)21-16(24)11-27-17(25)12-28-18-13(2)22-23(14(18)3)15-8-6-5-7-9-15/h5-9H,4,10-12H2,1-3H3,(H2,20,21,24,26). The Balaban J connectivity index is 1.84. The largest absolute Gasteiger partial charge is 0.455 e. The van der Waals surface area contributed by atoms with Crippen LogP contribution in [-0.4, -0.2) is 46.6 Å². The normalized spacial score (nSPS) is 10.4. The molecule has 0 atom stereocenters. The highest BCUT2D eigenvalue weighted by Crippen LogP contribution is 2.27. The predicted molar refractivity (Wildman–Crippen MR) is 107 cm³/mol. The zero-order valence-corrected chi connectivity index (χ0v) is 17.0. The summed E-state index contributed by atoms with van der Waals surface area (Å²) in [4.78, 5) is 35.8. The zero-order chi connectivity index (χ0) is 20.5. The number of rotatable bonds is 8. The minimum atomic E-state index is -0.670. The number of para-hydroxylation sites is 1. The summed E-state index contributed by atoms with van der Waals surface area (Å²) in [6, 6.07) is 9.11. The number of aryl methyl sites for hydroxylation is 1. The van der Waals surface area contributed by atoms with Gasteiger partial charge >= 0.3 is 12.0 Å². The van der Waals surface area contributed by atoms with E-state index in [0.717, 1.165) is 28.4 Å². The van der Waals surface area contributed by atoms with Crippen molar-refractivity contribution in [3.8, 4) is 5.69 Å². The lowest BCUT2D eigenvalue weighted by Gasteiger charge is -2.07. The molecule has 0 aliphatic carbocycles. The van der Waals surface area contributed by atoms with E-state index in [2.05, 4.69) is 15.7 Å². The minimum absolute atomic E-state index is 0.0392. The van der Waals surface area contributed by atoms with Crippen LogP contribution < -0.4 is 10.6 Å². The maximum absolute atomic E-state index is 11.9. The van der Waals surface area contributed by atoms with E-state index < -0.39 is 24.5 Å². The van der Waals surface area contributed by atoms with Gasteiger partial charge in [-0.2, -0.15) is 5.10 Å². The van der Waals surface area contributed by atoms with Gasteiger partial charge in [-0.05, 0) is 32.4 Å². The van der Waals surface area contributed by atoms with Crippen LogP contribution in [0, 0.1) is 13.8 Å². The summed E-state index contributed by atoms with van der Waals surface area (Å²) in [6.45, 7) is 5.67. The van der Waals surface area contributed by atoms with Gasteiger partial charge in [0, 0.05) is 6.54 Å². The summed E-state index contributed by atoms with van der Waals surface area (Å²) in [5.41, 5.74) is 2.67. The second-order valence-electron chi connectivity index (χ2n) is 6.00. The average Bonchev–Trinajstić information content (AvgIpc) is 2.97. The van der Waals surface area contributed by atoms with Crippen LogP contribution in [0.4, 0.5) is 4.79 Å². The fraction of sp³-hybridized carbons (Fsp3) is 0.368. The number of esters is 1. The van der Waals surface area contributed by atoms with Crippen molar-refractivity contribution >= 4 is 29.7 Å². The molecule has 0 fully saturated rings. The fourth-order valence-electron chi connectivity index (χ4n) is 2.42. The van der Waals surface area contributed by atoms with Crippen molar-refractivity contribution in [2.45, 2.75) is 32.1 Å². The highest BCUT2D eigenvalue weighted by atomic mass is 32.2. The summed E-state index contributed by atoms with van der Waals surface area (Å²) < 4.78 is 6.75. The average molecular weight is 404 g/mol. The van der Waals surface area contributed by atoms with Gasteiger partial charge in [-0.25, -0.2) is 9.48 Å². The van der Waals surface area contributed by atoms with E-state index in [1.54, 1.807) is 0 Å². The molecule has 0 bridgehead atoms. The van der Waals surface area contributed by atoms with Crippen LogP contribution in [0.5, 0.6) is 0 Å². The van der Waals surface area contributed by atoms with E-state index in [1.165, 1.54) is 11.8 Å². The topological polar surface area (TPSA) is 102 Å². The zero-order valence-electron chi connectivity index (χ0n) is 16.2. The Morgan fingerprint density at radius 3 is 2.57 bits per heavy atom. The van der Waals surface area contributed by atoms with Gasteiger partial charge < -0.3 is 10.1 Å². The number of carbonyl (C=O) groups excluding carboxylic acids is 3. The van der Waals surface area contributed by atoms with Crippen LogP contribution >= 0.6 is 11.8 Å². The lowest BCUT2D eigenvalue weighted by atomic mass is 10.3. The van der Waals surface area contributed by atoms with Gasteiger partial charge in [0.25, 0.3) is 5.91 Å². The maximum Gasteiger partial charge on any atom is 0.321 e. The Kier molecular flexibility index (Phi) is 8.06. The molecule has 0 unspecified atom stereocenters. The van der Waals surface area contributed by atoms with Crippen molar-refractivity contribution in [2.75, 3.05) is 18.9 Å². The van der Waals surface area contributed by atoms with Crippen molar-refractivity contribution in [1.29, 1.82) is 0 Å². The molecule has 8 nitrogen and oxygen atoms in total. The number of nitrogens with one attached hydrogen (secondary N) is 2. The molecule has 28 heavy (non-hydrogen) atoms. The van der Waals surface area contributed by atoms with E-state index in [0.29, 0.717) is 6.54 Å². The summed E-state index contributed by atoms with van der Waals surface area (Å²) in [5, 5.41) is 9.12. The number of benzene rings is 1. The third kappa shape index (κ3) is 6.12. The molecule has 0 saturated heterocycles. The van der Waals surface area contributed by atoms with Crippen LogP contribution in [0.3, 0.4) is 0 Å². The quantitative estimate of drug-likeness (QED) is 0.517. The first kappa shape index (κ1) is 21.5. The van der Waals surface area contributed by atoms with Gasteiger partial charge in [0.1, 0.15) is 0 Å². The second kappa shape index (κ2) is 10.5. The van der Waals surface area contributed by atoms with Crippen LogP contribution in [-0.2, 0) is 14.3 Å². The Bertz CT molecular complexity index is 836. The molecule has 1 aromatic carbocycles. The van der Waals surface area contributed by atoms with E-state index >= 15 is 0 Å². The molecule has 0 aliphatic heterocycles. The molecule has 150 valence electrons. The smallest absolute Gasteiger partial charge is 0.321 e. The van der Waals surface area contributed by atoms with Crippen molar-refractivity contribution in [2.24, 2.45) is 0 Å². The van der Waals surface area contributed by atoms with Crippen LogP contribution in [0.25, 0.3) is 5.69 Å². The van der Waals surface area contributed by atoms with Crippen LogP contribution in [0.15, 0.2) is 35.2 Å². The van der Waals surface area contributed by atoms with Crippen molar-refractivity contribution in [3.05, 3.63) is 41.7 Å². The number of carbonyl (C=O) groups is 3. The summed E-state index contributed by atoms with van der Waals surface area (Å²) in [7, 11) is 0. The van der Waals surface area contributed by atoms with Gasteiger partial charge in [0.05, 0.1) is 27.7 Å². The van der Waals surface area contributed by atoms with Crippen molar-refractivity contribution in [1.82, 2.24) is 20.4 Å². The number of ether oxygens (including phenoxy) is 1. The van der Waals surface area contributed by atoms with Gasteiger partial charge in [0.2, 0.25) is 0 Å². The molecule has 0 radical (unpaired) electrons. The molecule has 3 amide bonds. The van der Waals surface area contributed by atoms with Gasteiger partial charge in [0.15, 0.2) is 6.61 Å². The lowest BCUT2D eigenvalue weighted by Crippen LogP contribution is -2.41. The molecule has 2 N–H and O–H groups in total. The Hall–Kier alpha value is -2.81. The molecule has 0 spiro atoms. The lowest BCUT2D eigenvalue weighted by molar-refractivity contribution is -0.145. The molecule has 2 aromatic rings. The molecule has 2 rings (SSSR count). The molecule has 1 aromatic heterocycles. The number of amides is 3. The van der Waals surface area contributed by atoms with Crippen molar-refractivity contribution < 1.29 is 19.1 Å². The summed E-state index contributed by atoms with van der Waals surface area (Å²) >= 11 is 1.31. The number of imide groups is 1. The third-order valence-corrected chi connectivity index (χ3v) is 4.97. The molecule has 9 heteroatoms. The van der Waals surface area contributed by atoms with Crippen molar-refractivity contribution in [3.63, 3.8) is 0 Å². The molecular weight excluding hydrogens is 380 g/mol. The summed E-state index contributed by atoms with van der Waals surface area (Å²) in [6.07, 6.45) is 0.757. The summed E-state index contributed by atoms with van der Waals surface area (Å²) in [5.74, 6) is -1.17. The molecule has 0 aliphatic rings. The van der Waals surface area contributed by atoms with Gasteiger partial charge in [-0.15, -0.1) is 11.8 Å². The Morgan fingerprint density at radius 1 is 1.18 bits per heavy atom. The predicted octanol–water partition coefficient (Wildman–Crippen LogP) is 2.36. The second-order valence-corrected chi connectivity index (χ2v) is 6.99. The number of thioether (sulfide) groups is 1.